The summed E-state index contributed by atoms with van der Waals surface area (Å²) in [5, 5.41) is 12.0. The Labute approximate surface area is 102 Å². The number of amides is 1. The van der Waals surface area contributed by atoms with Gasteiger partial charge in [-0.15, -0.1) is 0 Å². The minimum absolute atomic E-state index is 0.0891. The van der Waals surface area contributed by atoms with E-state index in [1.54, 1.807) is 11.9 Å². The second kappa shape index (κ2) is 6.59. The number of rotatable bonds is 5. The summed E-state index contributed by atoms with van der Waals surface area (Å²) in [6, 6.07) is 0. The van der Waals surface area contributed by atoms with Crippen molar-refractivity contribution in [3.8, 4) is 0 Å². The number of likely N-dealkylation sites (N-methyl/N-ethyl adjacent to an activating group) is 2. The first-order valence-electron chi connectivity index (χ1n) is 6.18. The number of carboxylic acid groups (broad SMARTS) is 1. The lowest BCUT2D eigenvalue weighted by atomic mass is 9.81. The lowest BCUT2D eigenvalue weighted by molar-refractivity contribution is -0.145. The molecule has 5 heteroatoms. The normalized spacial score (nSPS) is 24.4. The Morgan fingerprint density at radius 2 is 2.00 bits per heavy atom. The summed E-state index contributed by atoms with van der Waals surface area (Å²) < 4.78 is 0. The first-order valence-corrected chi connectivity index (χ1v) is 6.18. The van der Waals surface area contributed by atoms with E-state index < -0.39 is 5.97 Å². The fourth-order valence-corrected chi connectivity index (χ4v) is 2.34. The van der Waals surface area contributed by atoms with Crippen LogP contribution in [-0.2, 0) is 9.59 Å². The molecule has 5 nitrogen and oxygen atoms in total. The Bertz CT molecular complexity index is 281. The molecule has 1 fully saturated rings. The van der Waals surface area contributed by atoms with Crippen LogP contribution in [0.25, 0.3) is 0 Å². The molecule has 1 amide bonds. The lowest BCUT2D eigenvalue weighted by Gasteiger charge is -2.29. The molecule has 1 rings (SSSR count). The zero-order valence-corrected chi connectivity index (χ0v) is 10.6. The monoisotopic (exact) mass is 242 g/mol. The van der Waals surface area contributed by atoms with Gasteiger partial charge >= 0.3 is 5.97 Å². The topological polar surface area (TPSA) is 69.6 Å². The highest BCUT2D eigenvalue weighted by molar-refractivity contribution is 5.80. The molecule has 17 heavy (non-hydrogen) atoms. The van der Waals surface area contributed by atoms with Gasteiger partial charge in [-0.3, -0.25) is 9.59 Å². The van der Waals surface area contributed by atoms with E-state index in [1.807, 2.05) is 7.05 Å². The van der Waals surface area contributed by atoms with E-state index in [9.17, 15) is 9.59 Å². The van der Waals surface area contributed by atoms with Crippen LogP contribution in [0.1, 0.15) is 25.7 Å². The predicted molar refractivity (Wildman–Crippen MR) is 64.6 cm³/mol. The Morgan fingerprint density at radius 3 is 2.59 bits per heavy atom. The first-order chi connectivity index (χ1) is 8.06. The number of carbonyl (C=O) groups excluding carboxylic acids is 1. The fraction of sp³-hybridized carbons (Fsp3) is 0.833. The van der Waals surface area contributed by atoms with Gasteiger partial charge in [-0.2, -0.15) is 0 Å². The van der Waals surface area contributed by atoms with Crippen LogP contribution in [0, 0.1) is 11.8 Å². The van der Waals surface area contributed by atoms with Gasteiger partial charge in [0.15, 0.2) is 0 Å². The largest absolute Gasteiger partial charge is 0.481 e. The van der Waals surface area contributed by atoms with E-state index in [0.717, 1.165) is 19.4 Å². The SMILES string of the molecule is CNCCN(C)C(=O)C1CCCC(C(=O)O)C1. The summed E-state index contributed by atoms with van der Waals surface area (Å²) in [4.78, 5) is 24.7. The van der Waals surface area contributed by atoms with E-state index in [0.29, 0.717) is 19.4 Å². The van der Waals surface area contributed by atoms with Crippen LogP contribution in [0.3, 0.4) is 0 Å². The van der Waals surface area contributed by atoms with Crippen molar-refractivity contribution in [3.63, 3.8) is 0 Å². The number of hydrogen-bond acceptors (Lipinski definition) is 3. The van der Waals surface area contributed by atoms with Crippen molar-refractivity contribution in [2.45, 2.75) is 25.7 Å². The molecule has 0 aromatic rings. The molecule has 1 saturated carbocycles. The summed E-state index contributed by atoms with van der Waals surface area (Å²) in [6.45, 7) is 1.43. The standard InChI is InChI=1S/C12H22N2O3/c1-13-6-7-14(2)11(15)9-4-3-5-10(8-9)12(16)17/h9-10,13H,3-8H2,1-2H3,(H,16,17). The van der Waals surface area contributed by atoms with Gasteiger partial charge in [-0.05, 0) is 26.3 Å². The second-order valence-corrected chi connectivity index (χ2v) is 4.76. The van der Waals surface area contributed by atoms with Gasteiger partial charge in [0.1, 0.15) is 0 Å². The number of aliphatic carboxylic acids is 1. The van der Waals surface area contributed by atoms with Gasteiger partial charge in [-0.25, -0.2) is 0 Å². The van der Waals surface area contributed by atoms with Crippen molar-refractivity contribution < 1.29 is 14.7 Å². The van der Waals surface area contributed by atoms with E-state index in [4.69, 9.17) is 5.11 Å². The van der Waals surface area contributed by atoms with E-state index >= 15 is 0 Å². The minimum atomic E-state index is -0.764. The van der Waals surface area contributed by atoms with Crippen molar-refractivity contribution in [2.75, 3.05) is 27.2 Å². The van der Waals surface area contributed by atoms with E-state index in [2.05, 4.69) is 5.32 Å². The lowest BCUT2D eigenvalue weighted by Crippen LogP contribution is -2.39. The van der Waals surface area contributed by atoms with Gasteiger partial charge in [0.05, 0.1) is 5.92 Å². The Kier molecular flexibility index (Phi) is 5.41. The summed E-state index contributed by atoms with van der Waals surface area (Å²) in [6.07, 6.45) is 2.87. The third-order valence-corrected chi connectivity index (χ3v) is 3.45. The van der Waals surface area contributed by atoms with Gasteiger partial charge in [0.25, 0.3) is 0 Å². The third kappa shape index (κ3) is 4.00. The highest BCUT2D eigenvalue weighted by atomic mass is 16.4. The van der Waals surface area contributed by atoms with Gasteiger partial charge in [0, 0.05) is 26.1 Å². The molecule has 0 radical (unpaired) electrons. The summed E-state index contributed by atoms with van der Waals surface area (Å²) in [7, 11) is 3.63. The molecule has 0 aliphatic heterocycles. The smallest absolute Gasteiger partial charge is 0.306 e. The van der Waals surface area contributed by atoms with E-state index in [1.165, 1.54) is 0 Å². The number of carboxylic acids is 1. The fourth-order valence-electron chi connectivity index (χ4n) is 2.34. The summed E-state index contributed by atoms with van der Waals surface area (Å²) in [5.41, 5.74) is 0. The molecule has 0 aromatic heterocycles. The number of nitrogens with zero attached hydrogens (tertiary/aromatic N) is 1. The van der Waals surface area contributed by atoms with Crippen LogP contribution < -0.4 is 5.32 Å². The van der Waals surface area contributed by atoms with Crippen molar-refractivity contribution >= 4 is 11.9 Å². The average Bonchev–Trinajstić information content (AvgIpc) is 2.35. The molecule has 98 valence electrons. The van der Waals surface area contributed by atoms with Crippen molar-refractivity contribution in [3.05, 3.63) is 0 Å². The molecule has 1 aliphatic rings. The summed E-state index contributed by atoms with van der Waals surface area (Å²) in [5.74, 6) is -1.12. The molecule has 0 bridgehead atoms. The second-order valence-electron chi connectivity index (χ2n) is 4.76. The molecule has 2 atom stereocenters. The Balaban J connectivity index is 2.48. The van der Waals surface area contributed by atoms with Crippen LogP contribution in [0.4, 0.5) is 0 Å². The zero-order valence-electron chi connectivity index (χ0n) is 10.6. The van der Waals surface area contributed by atoms with Crippen molar-refractivity contribution in [1.29, 1.82) is 0 Å². The highest BCUT2D eigenvalue weighted by Gasteiger charge is 2.32. The molecule has 0 saturated heterocycles. The number of carbonyl (C=O) groups is 2. The third-order valence-electron chi connectivity index (χ3n) is 3.45. The maximum Gasteiger partial charge on any atom is 0.306 e. The van der Waals surface area contributed by atoms with Crippen molar-refractivity contribution in [1.82, 2.24) is 10.2 Å². The van der Waals surface area contributed by atoms with Crippen LogP contribution in [0.15, 0.2) is 0 Å². The predicted octanol–water partition coefficient (Wildman–Crippen LogP) is 0.555. The molecule has 2 N–H and O–H groups in total. The maximum absolute atomic E-state index is 12.1. The summed E-state index contributed by atoms with van der Waals surface area (Å²) >= 11 is 0. The van der Waals surface area contributed by atoms with Crippen LogP contribution in [0.2, 0.25) is 0 Å². The van der Waals surface area contributed by atoms with Crippen LogP contribution in [-0.4, -0.2) is 49.1 Å². The Hall–Kier alpha value is -1.10. The van der Waals surface area contributed by atoms with Gasteiger partial charge in [-0.1, -0.05) is 6.42 Å². The Morgan fingerprint density at radius 1 is 1.35 bits per heavy atom. The van der Waals surface area contributed by atoms with Gasteiger partial charge < -0.3 is 15.3 Å². The number of hydrogen-bond donors (Lipinski definition) is 2. The van der Waals surface area contributed by atoms with Gasteiger partial charge in [0.2, 0.25) is 5.91 Å². The number of nitrogens with one attached hydrogen (secondary N) is 1. The van der Waals surface area contributed by atoms with Crippen molar-refractivity contribution in [2.24, 2.45) is 11.8 Å². The quantitative estimate of drug-likeness (QED) is 0.739. The average molecular weight is 242 g/mol. The molecule has 1 aliphatic carbocycles. The molecular weight excluding hydrogens is 220 g/mol. The van der Waals surface area contributed by atoms with E-state index in [-0.39, 0.29) is 17.7 Å². The minimum Gasteiger partial charge on any atom is -0.481 e. The van der Waals surface area contributed by atoms with Crippen LogP contribution >= 0.6 is 0 Å². The maximum atomic E-state index is 12.1. The molecular formula is C12H22N2O3. The van der Waals surface area contributed by atoms with Crippen LogP contribution in [0.5, 0.6) is 0 Å². The highest BCUT2D eigenvalue weighted by Crippen LogP contribution is 2.30. The molecule has 0 heterocycles. The molecule has 0 aromatic carbocycles. The zero-order chi connectivity index (χ0) is 12.8. The molecule has 0 spiro atoms. The molecule has 2 unspecified atom stereocenters. The first kappa shape index (κ1) is 14.0.